The fraction of sp³-hybridized carbons (Fsp3) is 0.913. The van der Waals surface area contributed by atoms with E-state index in [1.54, 1.807) is 0 Å². The fourth-order valence-electron chi connectivity index (χ4n) is 4.91. The van der Waals surface area contributed by atoms with Crippen molar-refractivity contribution in [1.82, 2.24) is 0 Å². The van der Waals surface area contributed by atoms with Gasteiger partial charge in [-0.05, 0) is 33.7 Å². The van der Waals surface area contributed by atoms with E-state index in [9.17, 15) is 9.59 Å². The molecule has 0 atom stereocenters. The summed E-state index contributed by atoms with van der Waals surface area (Å²) < 4.78 is 11.4. The first-order valence-electron chi connectivity index (χ1n) is 11.1. The van der Waals surface area contributed by atoms with Crippen LogP contribution in [0.15, 0.2) is 0 Å². The molecule has 0 aliphatic carbocycles. The first-order valence-corrected chi connectivity index (χ1v) is 14.3. The zero-order valence-electron chi connectivity index (χ0n) is 21.3. The van der Waals surface area contributed by atoms with Gasteiger partial charge in [-0.3, -0.25) is 9.59 Å². The van der Waals surface area contributed by atoms with Crippen LogP contribution in [0.5, 0.6) is 0 Å². The Labute approximate surface area is 185 Å². The highest BCUT2D eigenvalue weighted by molar-refractivity contribution is 6.32. The minimum absolute atomic E-state index is 0.0430. The van der Waals surface area contributed by atoms with E-state index in [0.717, 1.165) is 18.5 Å². The van der Waals surface area contributed by atoms with Crippen molar-refractivity contribution in [2.24, 2.45) is 33.5 Å². The summed E-state index contributed by atoms with van der Waals surface area (Å²) in [5.41, 5.74) is -0.438. The molecule has 172 valence electrons. The molecule has 0 saturated heterocycles. The van der Waals surface area contributed by atoms with E-state index in [4.69, 9.17) is 8.85 Å². The predicted octanol–water partition coefficient (Wildman–Crippen LogP) is 4.88. The van der Waals surface area contributed by atoms with Crippen molar-refractivity contribution in [2.75, 3.05) is 0 Å². The Kier molecular flexibility index (Phi) is 10.4. The topological polar surface area (TPSA) is 52.6 Å². The number of hydrogen-bond acceptors (Lipinski definition) is 4. The molecule has 0 bridgehead atoms. The maximum absolute atomic E-state index is 12.6. The van der Waals surface area contributed by atoms with Crippen LogP contribution in [0.2, 0.25) is 12.1 Å². The highest BCUT2D eigenvalue weighted by Crippen LogP contribution is 2.41. The fourth-order valence-corrected chi connectivity index (χ4v) is 7.75. The summed E-state index contributed by atoms with van der Waals surface area (Å²) in [5, 5.41) is 0. The van der Waals surface area contributed by atoms with Gasteiger partial charge in [0.2, 0.25) is 19.5 Å². The van der Waals surface area contributed by atoms with Crippen molar-refractivity contribution in [3.63, 3.8) is 0 Å². The molecular formula is C23H48O4Si2. The van der Waals surface area contributed by atoms with E-state index in [1.807, 2.05) is 0 Å². The average Bonchev–Trinajstić information content (AvgIpc) is 2.39. The second kappa shape index (κ2) is 10.6. The summed E-state index contributed by atoms with van der Waals surface area (Å²) >= 11 is 0. The first kappa shape index (κ1) is 28.4. The second-order valence-corrected chi connectivity index (χ2v) is 15.5. The van der Waals surface area contributed by atoms with E-state index in [1.165, 1.54) is 0 Å². The largest absolute Gasteiger partial charge is 0.525 e. The molecule has 0 amide bonds. The van der Waals surface area contributed by atoms with Crippen LogP contribution < -0.4 is 0 Å². The number of carbonyl (C=O) groups is 2. The Bertz CT molecular complexity index is 455. The normalized spacial score (nSPS) is 14.6. The predicted molar refractivity (Wildman–Crippen MR) is 128 cm³/mol. The Morgan fingerprint density at radius 3 is 1.03 bits per heavy atom. The van der Waals surface area contributed by atoms with Crippen LogP contribution in [0.3, 0.4) is 0 Å². The van der Waals surface area contributed by atoms with Gasteiger partial charge < -0.3 is 8.85 Å². The summed E-state index contributed by atoms with van der Waals surface area (Å²) in [4.78, 5) is 25.3. The molecule has 0 heterocycles. The second-order valence-electron chi connectivity index (χ2n) is 12.7. The molecular weight excluding hydrogens is 396 g/mol. The van der Waals surface area contributed by atoms with Gasteiger partial charge in [-0.25, -0.2) is 0 Å². The lowest BCUT2D eigenvalue weighted by Gasteiger charge is -2.38. The van der Waals surface area contributed by atoms with Gasteiger partial charge in [0.15, 0.2) is 0 Å². The van der Waals surface area contributed by atoms with E-state index < -0.39 is 19.5 Å². The molecule has 0 aromatic carbocycles. The smallest absolute Gasteiger partial charge is 0.296 e. The quantitative estimate of drug-likeness (QED) is 0.395. The minimum atomic E-state index is -0.870. The molecule has 0 N–H and O–H groups in total. The molecule has 0 aliphatic heterocycles. The lowest BCUT2D eigenvalue weighted by molar-refractivity contribution is -0.149. The molecule has 6 heteroatoms. The van der Waals surface area contributed by atoms with E-state index in [2.05, 4.69) is 83.1 Å². The van der Waals surface area contributed by atoms with Crippen LogP contribution in [0.1, 0.15) is 89.5 Å². The van der Waals surface area contributed by atoms with E-state index in [0.29, 0.717) is 0 Å². The van der Waals surface area contributed by atoms with Crippen LogP contribution in [-0.4, -0.2) is 31.5 Å². The molecule has 0 radical (unpaired) electrons. The molecule has 0 unspecified atom stereocenters. The molecule has 0 aromatic rings. The van der Waals surface area contributed by atoms with Gasteiger partial charge in [0.05, 0.1) is 11.8 Å². The third kappa shape index (κ3) is 10.3. The molecule has 4 nitrogen and oxygen atoms in total. The molecule has 0 aromatic heterocycles. The van der Waals surface area contributed by atoms with Gasteiger partial charge in [0.25, 0.3) is 11.9 Å². The van der Waals surface area contributed by atoms with Crippen LogP contribution in [0.4, 0.5) is 0 Å². The third-order valence-corrected chi connectivity index (χ3v) is 7.77. The molecule has 0 spiro atoms. The highest BCUT2D eigenvalue weighted by Gasteiger charge is 2.42. The number of rotatable bonds is 8. The zero-order valence-corrected chi connectivity index (χ0v) is 24.2. The van der Waals surface area contributed by atoms with Crippen LogP contribution in [0, 0.1) is 33.5 Å². The molecule has 0 fully saturated rings. The van der Waals surface area contributed by atoms with E-state index >= 15 is 0 Å². The Morgan fingerprint density at radius 1 is 0.586 bits per heavy atom. The van der Waals surface area contributed by atoms with Crippen LogP contribution in [-0.2, 0) is 18.4 Å². The Balaban J connectivity index is 4.36. The molecule has 29 heavy (non-hydrogen) atoms. The van der Waals surface area contributed by atoms with Gasteiger partial charge in [-0.15, -0.1) is 0 Å². The van der Waals surface area contributed by atoms with Gasteiger partial charge in [-0.1, -0.05) is 89.5 Å². The standard InChI is InChI=1S/C23H48O4Si2/c1-20(2,3)16(21(4,5)6)18(24)26-28-14-13-15-29-27-19(25)17(22(7,8)9)23(10,11)12/h16-17H,13-15,28-29H2,1-12H3. The molecule has 0 rings (SSSR count). The van der Waals surface area contributed by atoms with Crippen LogP contribution in [0.25, 0.3) is 0 Å². The monoisotopic (exact) mass is 444 g/mol. The van der Waals surface area contributed by atoms with Crippen molar-refractivity contribution in [2.45, 2.75) is 102 Å². The third-order valence-electron chi connectivity index (χ3n) is 5.21. The Hall–Kier alpha value is -0.626. The average molecular weight is 445 g/mol. The summed E-state index contributed by atoms with van der Waals surface area (Å²) in [6.07, 6.45) is 0.990. The number of hydrogen-bond donors (Lipinski definition) is 0. The zero-order chi connectivity index (χ0) is 23.3. The number of carbonyl (C=O) groups excluding carboxylic acids is 2. The van der Waals surface area contributed by atoms with Crippen molar-refractivity contribution < 1.29 is 18.4 Å². The summed E-state index contributed by atoms with van der Waals surface area (Å²) in [5.74, 6) is -0.300. The van der Waals surface area contributed by atoms with Crippen molar-refractivity contribution in [3.05, 3.63) is 0 Å². The summed E-state index contributed by atoms with van der Waals surface area (Å²) in [6, 6.07) is 1.92. The van der Waals surface area contributed by atoms with Gasteiger partial charge in [-0.2, -0.15) is 0 Å². The van der Waals surface area contributed by atoms with Gasteiger partial charge in [0, 0.05) is 0 Å². The highest BCUT2D eigenvalue weighted by atomic mass is 28.2. The van der Waals surface area contributed by atoms with E-state index in [-0.39, 0.29) is 45.4 Å². The maximum atomic E-state index is 12.6. The van der Waals surface area contributed by atoms with Crippen LogP contribution >= 0.6 is 0 Å². The van der Waals surface area contributed by atoms with Crippen molar-refractivity contribution in [3.8, 4) is 0 Å². The summed E-state index contributed by atoms with van der Waals surface area (Å²) in [7, 11) is -1.74. The van der Waals surface area contributed by atoms with Crippen molar-refractivity contribution in [1.29, 1.82) is 0 Å². The first-order chi connectivity index (χ1) is 12.8. The summed E-state index contributed by atoms with van der Waals surface area (Å²) in [6.45, 7) is 25.3. The molecule has 0 aliphatic rings. The molecule has 0 saturated carbocycles. The van der Waals surface area contributed by atoms with Crippen molar-refractivity contribution >= 4 is 31.5 Å². The van der Waals surface area contributed by atoms with Gasteiger partial charge >= 0.3 is 0 Å². The SMILES string of the molecule is CC(C)(C)C(C(=O)O[SiH2]CCC[SiH2]OC(=O)C(C(C)(C)C)C(C)(C)C)C(C)(C)C. The maximum Gasteiger partial charge on any atom is 0.296 e. The minimum Gasteiger partial charge on any atom is -0.525 e. The lowest BCUT2D eigenvalue weighted by Crippen LogP contribution is -2.40. The lowest BCUT2D eigenvalue weighted by atomic mass is 9.67. The van der Waals surface area contributed by atoms with Gasteiger partial charge in [0.1, 0.15) is 0 Å². The Morgan fingerprint density at radius 2 is 0.828 bits per heavy atom.